The first-order valence-electron chi connectivity index (χ1n) is 11.0. The largest absolute Gasteiger partial charge is 0.393 e. The Labute approximate surface area is 198 Å². The summed E-state index contributed by atoms with van der Waals surface area (Å²) in [5, 5.41) is 13.4. The van der Waals surface area contributed by atoms with Crippen molar-refractivity contribution in [2.45, 2.75) is 56.0 Å². The van der Waals surface area contributed by atoms with Gasteiger partial charge in [0.05, 0.1) is 17.9 Å². The maximum absolute atomic E-state index is 14.0. The first-order valence-corrected chi connectivity index (χ1v) is 12.8. The van der Waals surface area contributed by atoms with Crippen molar-refractivity contribution in [2.75, 3.05) is 24.7 Å². The van der Waals surface area contributed by atoms with Crippen LogP contribution in [0.25, 0.3) is 11.0 Å². The topological polar surface area (TPSA) is 117 Å². The quantitative estimate of drug-likeness (QED) is 0.591. The zero-order chi connectivity index (χ0) is 25.1. The normalized spacial score (nSPS) is 26.1. The van der Waals surface area contributed by atoms with Gasteiger partial charge in [-0.3, -0.25) is 9.36 Å². The number of sulfonamides is 1. The molecule has 0 bridgehead atoms. The molecule has 4 rings (SSSR count). The van der Waals surface area contributed by atoms with Crippen molar-refractivity contribution in [2.24, 2.45) is 5.92 Å². The van der Waals surface area contributed by atoms with Gasteiger partial charge in [-0.1, -0.05) is 6.92 Å². The molecule has 1 saturated carbocycles. The van der Waals surface area contributed by atoms with Crippen LogP contribution in [0.4, 0.5) is 14.7 Å². The summed E-state index contributed by atoms with van der Waals surface area (Å²) in [6, 6.07) is 0.427. The molecule has 3 heterocycles. The molecule has 180 valence electrons. The van der Waals surface area contributed by atoms with Crippen LogP contribution in [-0.4, -0.2) is 78.9 Å². The second-order valence-corrected chi connectivity index (χ2v) is 11.3. The maximum Gasteiger partial charge on any atom is 0.260 e. The number of aromatic nitrogens is 3. The molecule has 2 aliphatic rings. The van der Waals surface area contributed by atoms with Gasteiger partial charge in [-0.05, 0) is 31.7 Å². The Morgan fingerprint density at radius 3 is 2.47 bits per heavy atom. The van der Waals surface area contributed by atoms with Crippen LogP contribution in [0.15, 0.2) is 17.1 Å². The fourth-order valence-corrected chi connectivity index (χ4v) is 5.63. The number of alkyl halides is 2. The zero-order valence-electron chi connectivity index (χ0n) is 18.9. The number of rotatable bonds is 5. The van der Waals surface area contributed by atoms with E-state index >= 15 is 0 Å². The third-order valence-corrected chi connectivity index (χ3v) is 8.18. The zero-order valence-corrected chi connectivity index (χ0v) is 19.7. The third-order valence-electron chi connectivity index (χ3n) is 6.88. The highest BCUT2D eigenvalue weighted by atomic mass is 32.2. The maximum atomic E-state index is 14.0. The summed E-state index contributed by atoms with van der Waals surface area (Å²) in [6.07, 6.45) is 3.17. The first kappa shape index (κ1) is 25.1. The fourth-order valence-electron chi connectivity index (χ4n) is 4.78. The van der Waals surface area contributed by atoms with Crippen molar-refractivity contribution in [1.82, 2.24) is 18.8 Å². The van der Waals surface area contributed by atoms with Gasteiger partial charge < -0.3 is 10.4 Å². The van der Waals surface area contributed by atoms with E-state index in [2.05, 4.69) is 15.3 Å². The van der Waals surface area contributed by atoms with Gasteiger partial charge in [0.25, 0.3) is 5.56 Å². The van der Waals surface area contributed by atoms with Crippen molar-refractivity contribution in [3.63, 3.8) is 0 Å². The summed E-state index contributed by atoms with van der Waals surface area (Å²) in [4.78, 5) is 21.7. The van der Waals surface area contributed by atoms with Crippen LogP contribution < -0.4 is 10.9 Å². The number of aliphatic hydroxyl groups excluding tert-OH is 1. The van der Waals surface area contributed by atoms with Crippen LogP contribution in [-0.2, 0) is 15.8 Å². The van der Waals surface area contributed by atoms with Crippen LogP contribution >= 0.6 is 0 Å². The molecule has 2 aromatic rings. The molecule has 2 N–H and O–H groups in total. The SMILES string of the molecule is [B]C1(Nc2ncc3cc(C([B])(F)F)c(=O)n([C@H]4CC[C@H](O)[C@H]4C)c3n2)CCN(S(C)(=O)=O)CC1. The Bertz CT molecular complexity index is 1260. The summed E-state index contributed by atoms with van der Waals surface area (Å²) < 4.78 is 54.1. The lowest BCUT2D eigenvalue weighted by atomic mass is 9.71. The Morgan fingerprint density at radius 2 is 1.94 bits per heavy atom. The summed E-state index contributed by atoms with van der Waals surface area (Å²) in [5.74, 6) is -4.15. The van der Waals surface area contributed by atoms with Gasteiger partial charge in [0.15, 0.2) is 7.85 Å². The number of hydrogen-bond acceptors (Lipinski definition) is 7. The van der Waals surface area contributed by atoms with Crippen molar-refractivity contribution in [3.8, 4) is 0 Å². The van der Waals surface area contributed by atoms with Crippen LogP contribution in [0, 0.1) is 5.92 Å². The predicted octanol–water partition coefficient (Wildman–Crippen LogP) is 0.673. The molecular weight excluding hydrogens is 466 g/mol. The summed E-state index contributed by atoms with van der Waals surface area (Å²) in [7, 11) is 8.07. The first-order chi connectivity index (χ1) is 15.7. The highest BCUT2D eigenvalue weighted by molar-refractivity contribution is 7.88. The number of fused-ring (bicyclic) bond motifs is 1. The molecule has 3 atom stereocenters. The second-order valence-electron chi connectivity index (χ2n) is 9.34. The molecule has 0 unspecified atom stereocenters. The van der Waals surface area contributed by atoms with Crippen molar-refractivity contribution in [3.05, 3.63) is 28.2 Å². The van der Waals surface area contributed by atoms with Gasteiger partial charge in [0.1, 0.15) is 13.5 Å². The van der Waals surface area contributed by atoms with E-state index in [-0.39, 0.29) is 36.0 Å². The number of nitrogens with zero attached hydrogens (tertiary/aromatic N) is 4. The monoisotopic (exact) mass is 491 g/mol. The molecule has 0 aromatic carbocycles. The van der Waals surface area contributed by atoms with E-state index in [9.17, 15) is 27.1 Å². The highest BCUT2D eigenvalue weighted by Crippen LogP contribution is 2.37. The Balaban J connectivity index is 1.75. The summed E-state index contributed by atoms with van der Waals surface area (Å²) in [5.41, 5.74) is -2.72. The van der Waals surface area contributed by atoms with E-state index in [1.54, 1.807) is 6.92 Å². The average Bonchev–Trinajstić information content (AvgIpc) is 3.04. The number of halogens is 2. The third kappa shape index (κ3) is 4.72. The lowest BCUT2D eigenvalue weighted by Gasteiger charge is -2.39. The summed E-state index contributed by atoms with van der Waals surface area (Å²) in [6.45, 7) is 2.18. The molecule has 2 aromatic heterocycles. The average molecular weight is 491 g/mol. The van der Waals surface area contributed by atoms with Crippen molar-refractivity contribution >= 4 is 42.7 Å². The molecule has 4 radical (unpaired) electrons. The minimum atomic E-state index is -3.86. The van der Waals surface area contributed by atoms with Gasteiger partial charge in [0.2, 0.25) is 21.8 Å². The molecule has 34 heavy (non-hydrogen) atoms. The number of piperidine rings is 1. The number of pyridine rings is 1. The van der Waals surface area contributed by atoms with E-state index in [1.807, 2.05) is 0 Å². The minimum Gasteiger partial charge on any atom is -0.393 e. The highest BCUT2D eigenvalue weighted by Gasteiger charge is 2.38. The molecule has 0 amide bonds. The van der Waals surface area contributed by atoms with E-state index in [0.717, 1.165) is 12.3 Å². The van der Waals surface area contributed by atoms with Crippen molar-refractivity contribution < 1.29 is 22.3 Å². The van der Waals surface area contributed by atoms with Gasteiger partial charge in [0, 0.05) is 42.1 Å². The van der Waals surface area contributed by atoms with Crippen LogP contribution in [0.1, 0.15) is 44.2 Å². The van der Waals surface area contributed by atoms with E-state index in [1.165, 1.54) is 15.1 Å². The van der Waals surface area contributed by atoms with Gasteiger partial charge in [-0.2, -0.15) is 4.98 Å². The predicted molar refractivity (Wildman–Crippen MR) is 125 cm³/mol. The molecule has 1 aliphatic carbocycles. The van der Waals surface area contributed by atoms with Gasteiger partial charge >= 0.3 is 0 Å². The lowest BCUT2D eigenvalue weighted by Crippen LogP contribution is -2.51. The standard InChI is InChI=1S/C20H25B2F2N5O4S/c1-11-14(3-4-15(11)30)29-16-12(9-13(17(29)31)20(22,23)24)10-25-18(26-16)27-19(21)5-7-28(8-6-19)34(2,32)33/h9-11,14-15,30H,3-8H2,1-2H3,(H,25,26,27)/t11-,14-,15-/m0/s1. The molecule has 9 nitrogen and oxygen atoms in total. The Kier molecular flexibility index (Phi) is 6.31. The molecule has 1 saturated heterocycles. The lowest BCUT2D eigenvalue weighted by molar-refractivity contribution is 0.0913. The van der Waals surface area contributed by atoms with Crippen LogP contribution in [0.3, 0.4) is 0 Å². The number of nitrogens with one attached hydrogen (secondary N) is 1. The minimum absolute atomic E-state index is 0.0782. The van der Waals surface area contributed by atoms with Crippen molar-refractivity contribution in [1.29, 1.82) is 0 Å². The summed E-state index contributed by atoms with van der Waals surface area (Å²) >= 11 is 0. The fraction of sp³-hybridized carbons (Fsp3) is 0.650. The molecular formula is C20H25B2F2N5O4S. The van der Waals surface area contributed by atoms with E-state index in [4.69, 9.17) is 15.7 Å². The van der Waals surface area contributed by atoms with E-state index < -0.39 is 44.6 Å². The van der Waals surface area contributed by atoms with Gasteiger partial charge in [-0.15, -0.1) is 0 Å². The molecule has 14 heteroatoms. The Morgan fingerprint density at radius 1 is 1.29 bits per heavy atom. The second kappa shape index (κ2) is 8.56. The molecule has 1 aliphatic heterocycles. The molecule has 2 fully saturated rings. The van der Waals surface area contributed by atoms with Crippen LogP contribution in [0.5, 0.6) is 0 Å². The molecule has 0 spiro atoms. The number of hydrogen-bond donors (Lipinski definition) is 2. The smallest absolute Gasteiger partial charge is 0.260 e. The Hall–Kier alpha value is -2.05. The number of aliphatic hydroxyl groups is 1. The van der Waals surface area contributed by atoms with Crippen LogP contribution in [0.2, 0.25) is 0 Å². The number of anilines is 1. The van der Waals surface area contributed by atoms with E-state index in [0.29, 0.717) is 25.7 Å². The van der Waals surface area contributed by atoms with Gasteiger partial charge in [-0.25, -0.2) is 26.5 Å².